The molecule has 0 saturated heterocycles. The Bertz CT molecular complexity index is 540. The molecule has 1 aliphatic rings. The van der Waals surface area contributed by atoms with E-state index in [1.807, 2.05) is 31.4 Å². The van der Waals surface area contributed by atoms with E-state index in [-0.39, 0.29) is 17.5 Å². The van der Waals surface area contributed by atoms with Crippen LogP contribution in [0.3, 0.4) is 0 Å². The third-order valence-electron chi connectivity index (χ3n) is 3.01. The highest BCUT2D eigenvalue weighted by Gasteiger charge is 2.16. The first-order valence-corrected chi connectivity index (χ1v) is 6.35. The average Bonchev–Trinajstić information content (AvgIpc) is 2.67. The van der Waals surface area contributed by atoms with Crippen molar-refractivity contribution in [3.8, 4) is 0 Å². The van der Waals surface area contributed by atoms with Crippen LogP contribution in [0.2, 0.25) is 0 Å². The summed E-state index contributed by atoms with van der Waals surface area (Å²) in [5.41, 5.74) is 1.44. The summed E-state index contributed by atoms with van der Waals surface area (Å²) in [5.74, 6) is -0.477. The zero-order chi connectivity index (χ0) is 13.7. The quantitative estimate of drug-likeness (QED) is 0.751. The molecule has 1 atom stereocenters. The van der Waals surface area contributed by atoms with E-state index in [2.05, 4.69) is 4.99 Å². The standard InChI is InChI=1S/C16H16FNO/c1-12(11-15-5-3-2-4-10-18-15)16(19)13-6-8-14(17)9-7-13/h2-3,5-10,12H,4,11H2,1H3. The van der Waals surface area contributed by atoms with Crippen molar-refractivity contribution in [1.29, 1.82) is 0 Å². The first kappa shape index (κ1) is 13.4. The highest BCUT2D eigenvalue weighted by atomic mass is 19.1. The van der Waals surface area contributed by atoms with E-state index in [4.69, 9.17) is 0 Å². The van der Waals surface area contributed by atoms with Gasteiger partial charge in [0.2, 0.25) is 0 Å². The van der Waals surface area contributed by atoms with Gasteiger partial charge in [-0.15, -0.1) is 0 Å². The summed E-state index contributed by atoms with van der Waals surface area (Å²) in [6, 6.07) is 5.68. The molecule has 98 valence electrons. The fourth-order valence-corrected chi connectivity index (χ4v) is 1.96. The second kappa shape index (κ2) is 6.23. The molecular formula is C16H16FNO. The Morgan fingerprint density at radius 1 is 1.37 bits per heavy atom. The molecular weight excluding hydrogens is 241 g/mol. The second-order valence-electron chi connectivity index (χ2n) is 4.61. The molecule has 0 bridgehead atoms. The lowest BCUT2D eigenvalue weighted by atomic mass is 9.95. The number of carbonyl (C=O) groups is 1. The van der Waals surface area contributed by atoms with Crippen LogP contribution < -0.4 is 0 Å². The zero-order valence-corrected chi connectivity index (χ0v) is 10.8. The van der Waals surface area contributed by atoms with Crippen molar-refractivity contribution in [2.75, 3.05) is 0 Å². The van der Waals surface area contributed by atoms with E-state index in [1.165, 1.54) is 24.3 Å². The Hall–Kier alpha value is -2.03. The van der Waals surface area contributed by atoms with Gasteiger partial charge in [-0.2, -0.15) is 0 Å². The number of nitrogens with zero attached hydrogens (tertiary/aromatic N) is 1. The molecule has 0 spiro atoms. The largest absolute Gasteiger partial charge is 0.294 e. The molecule has 0 aliphatic carbocycles. The van der Waals surface area contributed by atoms with Crippen LogP contribution in [0.4, 0.5) is 4.39 Å². The lowest BCUT2D eigenvalue weighted by Crippen LogP contribution is -2.12. The van der Waals surface area contributed by atoms with E-state index in [9.17, 15) is 9.18 Å². The number of ketones is 1. The number of benzene rings is 1. The maximum Gasteiger partial charge on any atom is 0.166 e. The van der Waals surface area contributed by atoms with Crippen molar-refractivity contribution in [3.05, 3.63) is 59.6 Å². The number of hydrogen-bond donors (Lipinski definition) is 0. The van der Waals surface area contributed by atoms with Crippen molar-refractivity contribution in [1.82, 2.24) is 0 Å². The van der Waals surface area contributed by atoms with E-state index >= 15 is 0 Å². The zero-order valence-electron chi connectivity index (χ0n) is 10.8. The van der Waals surface area contributed by atoms with Crippen LogP contribution in [0.1, 0.15) is 30.1 Å². The van der Waals surface area contributed by atoms with E-state index in [0.717, 1.165) is 12.1 Å². The second-order valence-corrected chi connectivity index (χ2v) is 4.61. The summed E-state index contributed by atoms with van der Waals surface area (Å²) >= 11 is 0. The molecule has 2 nitrogen and oxygen atoms in total. The van der Waals surface area contributed by atoms with E-state index in [0.29, 0.717) is 12.0 Å². The van der Waals surface area contributed by atoms with Gasteiger partial charge in [0, 0.05) is 29.8 Å². The Labute approximate surface area is 112 Å². The number of aliphatic imine (C=N–C) groups is 1. The van der Waals surface area contributed by atoms with Gasteiger partial charge in [0.25, 0.3) is 0 Å². The lowest BCUT2D eigenvalue weighted by molar-refractivity contribution is 0.0929. The molecule has 19 heavy (non-hydrogen) atoms. The van der Waals surface area contributed by atoms with Crippen molar-refractivity contribution in [3.63, 3.8) is 0 Å². The van der Waals surface area contributed by atoms with Crippen LogP contribution in [0.25, 0.3) is 0 Å². The maximum absolute atomic E-state index is 12.8. The topological polar surface area (TPSA) is 29.4 Å². The molecule has 0 radical (unpaired) electrons. The molecule has 0 saturated carbocycles. The van der Waals surface area contributed by atoms with Gasteiger partial charge in [0.1, 0.15) is 5.82 Å². The maximum atomic E-state index is 12.8. The summed E-state index contributed by atoms with van der Waals surface area (Å²) in [7, 11) is 0. The molecule has 0 fully saturated rings. The van der Waals surface area contributed by atoms with Gasteiger partial charge in [-0.25, -0.2) is 4.39 Å². The first-order valence-electron chi connectivity index (χ1n) is 6.35. The fraction of sp³-hybridized carbons (Fsp3) is 0.250. The van der Waals surface area contributed by atoms with Crippen molar-refractivity contribution >= 4 is 12.0 Å². The van der Waals surface area contributed by atoms with Gasteiger partial charge in [0.05, 0.1) is 0 Å². The minimum absolute atomic E-state index is 0.0179. The van der Waals surface area contributed by atoms with Gasteiger partial charge < -0.3 is 0 Å². The van der Waals surface area contributed by atoms with Crippen LogP contribution >= 0.6 is 0 Å². The average molecular weight is 257 g/mol. The van der Waals surface area contributed by atoms with Gasteiger partial charge in [-0.05, 0) is 36.8 Å². The van der Waals surface area contributed by atoms with Gasteiger partial charge in [0.15, 0.2) is 5.78 Å². The SMILES string of the molecule is CC(CC1=CC=CCC=N1)C(=O)c1ccc(F)cc1. The van der Waals surface area contributed by atoms with E-state index in [1.54, 1.807) is 0 Å². The molecule has 0 aromatic heterocycles. The van der Waals surface area contributed by atoms with Gasteiger partial charge in [-0.3, -0.25) is 9.79 Å². The minimum Gasteiger partial charge on any atom is -0.294 e. The Morgan fingerprint density at radius 3 is 2.84 bits per heavy atom. The molecule has 1 aromatic carbocycles. The highest BCUT2D eigenvalue weighted by Crippen LogP contribution is 2.19. The number of hydrogen-bond acceptors (Lipinski definition) is 2. The summed E-state index contributed by atoms with van der Waals surface area (Å²) in [6.07, 6.45) is 9.15. The Morgan fingerprint density at radius 2 is 2.11 bits per heavy atom. The van der Waals surface area contributed by atoms with Crippen molar-refractivity contribution in [2.24, 2.45) is 10.9 Å². The third kappa shape index (κ3) is 3.71. The van der Waals surface area contributed by atoms with Gasteiger partial charge >= 0.3 is 0 Å². The van der Waals surface area contributed by atoms with Gasteiger partial charge in [-0.1, -0.05) is 19.1 Å². The Balaban J connectivity index is 2.05. The van der Waals surface area contributed by atoms with Crippen molar-refractivity contribution in [2.45, 2.75) is 19.8 Å². The molecule has 0 amide bonds. The fourth-order valence-electron chi connectivity index (χ4n) is 1.96. The van der Waals surface area contributed by atoms with Crippen LogP contribution in [-0.2, 0) is 0 Å². The number of halogens is 1. The van der Waals surface area contributed by atoms with E-state index < -0.39 is 0 Å². The van der Waals surface area contributed by atoms with Crippen molar-refractivity contribution < 1.29 is 9.18 Å². The van der Waals surface area contributed by atoms with Crippen LogP contribution in [0.15, 0.2) is 53.2 Å². The smallest absolute Gasteiger partial charge is 0.166 e. The predicted molar refractivity (Wildman–Crippen MR) is 74.8 cm³/mol. The molecule has 1 aliphatic heterocycles. The van der Waals surface area contributed by atoms with Crippen LogP contribution in [-0.4, -0.2) is 12.0 Å². The third-order valence-corrected chi connectivity index (χ3v) is 3.01. The van der Waals surface area contributed by atoms with Crippen LogP contribution in [0.5, 0.6) is 0 Å². The monoisotopic (exact) mass is 257 g/mol. The van der Waals surface area contributed by atoms with Crippen LogP contribution in [0, 0.1) is 11.7 Å². The first-order chi connectivity index (χ1) is 9.16. The normalized spacial score (nSPS) is 15.8. The molecule has 1 aromatic rings. The number of Topliss-reactive ketones (excluding diaryl/α,β-unsaturated/α-hetero) is 1. The summed E-state index contributed by atoms with van der Waals surface area (Å²) in [5, 5.41) is 0. The predicted octanol–water partition coefficient (Wildman–Crippen LogP) is 3.95. The summed E-state index contributed by atoms with van der Waals surface area (Å²) in [4.78, 5) is 16.5. The number of allylic oxidation sites excluding steroid dienone is 4. The summed E-state index contributed by atoms with van der Waals surface area (Å²) in [6.45, 7) is 1.87. The highest BCUT2D eigenvalue weighted by molar-refractivity contribution is 5.97. The lowest BCUT2D eigenvalue weighted by Gasteiger charge is -2.10. The summed E-state index contributed by atoms with van der Waals surface area (Å²) < 4.78 is 12.8. The number of carbonyl (C=O) groups excluding carboxylic acids is 1. The molecule has 1 unspecified atom stereocenters. The molecule has 2 rings (SSSR count). The molecule has 3 heteroatoms. The number of rotatable bonds is 4. The minimum atomic E-state index is -0.328. The molecule has 0 N–H and O–H groups in total. The Kier molecular flexibility index (Phi) is 4.39. The molecule has 1 heterocycles.